The van der Waals surface area contributed by atoms with Crippen molar-refractivity contribution in [2.75, 3.05) is 27.0 Å². The molecule has 1 aliphatic heterocycles. The molecule has 0 spiro atoms. The Balaban J connectivity index is 1.56. The number of aromatic nitrogens is 1. The summed E-state index contributed by atoms with van der Waals surface area (Å²) in [6.45, 7) is 0.756. The molecule has 3 aromatic rings. The monoisotopic (exact) mass is 429 g/mol. The van der Waals surface area contributed by atoms with Gasteiger partial charge >= 0.3 is 0 Å². The van der Waals surface area contributed by atoms with E-state index in [1.165, 1.54) is 22.8 Å². The molecule has 2 heterocycles. The topological polar surface area (TPSA) is 49.7 Å². The fourth-order valence-corrected chi connectivity index (χ4v) is 4.15. The minimum atomic E-state index is -0.610. The molecule has 2 aromatic carbocycles. The molecule has 0 N–H and O–H groups in total. The summed E-state index contributed by atoms with van der Waals surface area (Å²) >= 11 is 0. The van der Waals surface area contributed by atoms with Gasteiger partial charge in [0.15, 0.2) is 0 Å². The lowest BCUT2D eigenvalue weighted by atomic mass is 9.86. The van der Waals surface area contributed by atoms with E-state index in [4.69, 9.17) is 14.2 Å². The Hall–Kier alpha value is -2.77. The minimum Gasteiger partial charge on any atom is -0.489 e. The molecule has 0 aliphatic carbocycles. The molecule has 1 aliphatic rings. The largest absolute Gasteiger partial charge is 0.489 e. The SMILES string of the molecule is COC1(c2cc(F)cc(OCc3ccc4c(ccc(=O)n4CCF)c3)c2)CCOCC1. The van der Waals surface area contributed by atoms with Gasteiger partial charge in [0, 0.05) is 45.3 Å². The lowest BCUT2D eigenvalue weighted by molar-refractivity contribution is -0.0950. The van der Waals surface area contributed by atoms with E-state index in [9.17, 15) is 13.6 Å². The van der Waals surface area contributed by atoms with Crippen LogP contribution in [0.4, 0.5) is 8.78 Å². The van der Waals surface area contributed by atoms with E-state index >= 15 is 0 Å². The third-order valence-electron chi connectivity index (χ3n) is 5.86. The lowest BCUT2D eigenvalue weighted by Crippen LogP contribution is -2.35. The number of nitrogens with zero attached hydrogens (tertiary/aromatic N) is 1. The number of hydrogen-bond donors (Lipinski definition) is 0. The summed E-state index contributed by atoms with van der Waals surface area (Å²) in [5.41, 5.74) is 1.45. The van der Waals surface area contributed by atoms with Gasteiger partial charge in [-0.3, -0.25) is 4.79 Å². The van der Waals surface area contributed by atoms with Crippen molar-refractivity contribution in [2.24, 2.45) is 0 Å². The van der Waals surface area contributed by atoms with Crippen LogP contribution in [0.25, 0.3) is 10.9 Å². The summed E-state index contributed by atoms with van der Waals surface area (Å²) in [7, 11) is 1.63. The number of methoxy groups -OCH3 is 1. The Morgan fingerprint density at radius 3 is 2.65 bits per heavy atom. The lowest BCUT2D eigenvalue weighted by Gasteiger charge is -2.36. The van der Waals surface area contributed by atoms with Crippen molar-refractivity contribution in [3.8, 4) is 5.75 Å². The first kappa shape index (κ1) is 21.5. The number of hydrogen-bond acceptors (Lipinski definition) is 4. The highest BCUT2D eigenvalue weighted by Crippen LogP contribution is 2.37. The van der Waals surface area contributed by atoms with Crippen molar-refractivity contribution in [1.82, 2.24) is 4.57 Å². The molecule has 0 amide bonds. The van der Waals surface area contributed by atoms with Crippen LogP contribution in [0.15, 0.2) is 53.3 Å². The molecule has 5 nitrogen and oxygen atoms in total. The second-order valence-electron chi connectivity index (χ2n) is 7.68. The van der Waals surface area contributed by atoms with Crippen molar-refractivity contribution in [2.45, 2.75) is 31.6 Å². The van der Waals surface area contributed by atoms with Crippen molar-refractivity contribution < 1.29 is 23.0 Å². The van der Waals surface area contributed by atoms with Gasteiger partial charge in [-0.25, -0.2) is 8.78 Å². The predicted molar refractivity (Wildman–Crippen MR) is 114 cm³/mol. The molecule has 0 bridgehead atoms. The number of aryl methyl sites for hydroxylation is 1. The van der Waals surface area contributed by atoms with Crippen LogP contribution in [0.1, 0.15) is 24.0 Å². The van der Waals surface area contributed by atoms with E-state index in [2.05, 4.69) is 0 Å². The first-order valence-electron chi connectivity index (χ1n) is 10.3. The van der Waals surface area contributed by atoms with Crippen LogP contribution >= 0.6 is 0 Å². The second kappa shape index (κ2) is 9.16. The molecule has 1 aromatic heterocycles. The Bertz CT molecular complexity index is 1120. The number of benzene rings is 2. The maximum atomic E-state index is 14.3. The van der Waals surface area contributed by atoms with Crippen molar-refractivity contribution in [1.29, 1.82) is 0 Å². The van der Waals surface area contributed by atoms with Crippen LogP contribution in [0.5, 0.6) is 5.75 Å². The maximum Gasteiger partial charge on any atom is 0.251 e. The van der Waals surface area contributed by atoms with Crippen LogP contribution in [0, 0.1) is 5.82 Å². The zero-order valence-electron chi connectivity index (χ0n) is 17.4. The molecule has 31 heavy (non-hydrogen) atoms. The summed E-state index contributed by atoms with van der Waals surface area (Å²) < 4.78 is 45.7. The van der Waals surface area contributed by atoms with Crippen LogP contribution in [-0.4, -0.2) is 31.6 Å². The molecule has 4 rings (SSSR count). The second-order valence-corrected chi connectivity index (χ2v) is 7.68. The molecule has 1 saturated heterocycles. The summed E-state index contributed by atoms with van der Waals surface area (Å²) in [6, 6.07) is 13.3. The number of fused-ring (bicyclic) bond motifs is 1. The van der Waals surface area contributed by atoms with Gasteiger partial charge in [-0.15, -0.1) is 0 Å². The molecular weight excluding hydrogens is 404 g/mol. The fourth-order valence-electron chi connectivity index (χ4n) is 4.15. The number of ether oxygens (including phenoxy) is 3. The van der Waals surface area contributed by atoms with Gasteiger partial charge in [0.1, 0.15) is 24.8 Å². The Labute approximate surface area is 179 Å². The first-order chi connectivity index (χ1) is 15.0. The molecule has 0 saturated carbocycles. The third kappa shape index (κ3) is 4.48. The third-order valence-corrected chi connectivity index (χ3v) is 5.86. The predicted octanol–water partition coefficient (Wildman–Crippen LogP) is 4.34. The molecule has 0 unspecified atom stereocenters. The van der Waals surface area contributed by atoms with E-state index in [-0.39, 0.29) is 24.5 Å². The van der Waals surface area contributed by atoms with Crippen LogP contribution in [0.2, 0.25) is 0 Å². The Kier molecular flexibility index (Phi) is 6.34. The highest BCUT2D eigenvalue weighted by Gasteiger charge is 2.35. The average molecular weight is 429 g/mol. The van der Waals surface area contributed by atoms with E-state index in [1.807, 2.05) is 18.2 Å². The standard InChI is InChI=1S/C24H25F2NO4/c1-29-24(6-10-30-11-7-24)19-13-20(26)15-21(14-19)31-16-17-2-4-22-18(12-17)3-5-23(28)27(22)9-8-25/h2-5,12-15H,6-11,16H2,1H3. The summed E-state index contributed by atoms with van der Waals surface area (Å²) in [4.78, 5) is 12.0. The highest BCUT2D eigenvalue weighted by atomic mass is 19.1. The smallest absolute Gasteiger partial charge is 0.251 e. The summed E-state index contributed by atoms with van der Waals surface area (Å²) in [5, 5.41) is 0.814. The number of alkyl halides is 1. The summed E-state index contributed by atoms with van der Waals surface area (Å²) in [6.07, 6.45) is 1.30. The van der Waals surface area contributed by atoms with Gasteiger partial charge in [-0.1, -0.05) is 6.07 Å². The van der Waals surface area contributed by atoms with E-state index in [0.717, 1.165) is 16.5 Å². The molecule has 164 valence electrons. The molecular formula is C24H25F2NO4. The van der Waals surface area contributed by atoms with Crippen molar-refractivity contribution in [3.05, 3.63) is 75.8 Å². The van der Waals surface area contributed by atoms with E-state index in [1.54, 1.807) is 19.2 Å². The Morgan fingerprint density at radius 2 is 1.90 bits per heavy atom. The Morgan fingerprint density at radius 1 is 1.10 bits per heavy atom. The van der Waals surface area contributed by atoms with Gasteiger partial charge in [-0.05, 0) is 46.8 Å². The fraction of sp³-hybridized carbons (Fsp3) is 0.375. The molecule has 1 fully saturated rings. The average Bonchev–Trinajstić information content (AvgIpc) is 2.79. The quantitative estimate of drug-likeness (QED) is 0.561. The van der Waals surface area contributed by atoms with Crippen molar-refractivity contribution in [3.63, 3.8) is 0 Å². The van der Waals surface area contributed by atoms with Gasteiger partial charge in [-0.2, -0.15) is 0 Å². The molecule has 7 heteroatoms. The van der Waals surface area contributed by atoms with Gasteiger partial charge in [0.2, 0.25) is 0 Å². The highest BCUT2D eigenvalue weighted by molar-refractivity contribution is 5.79. The van der Waals surface area contributed by atoms with Crippen LogP contribution in [0.3, 0.4) is 0 Å². The van der Waals surface area contributed by atoms with Crippen LogP contribution < -0.4 is 10.3 Å². The van der Waals surface area contributed by atoms with Gasteiger partial charge in [0.05, 0.1) is 17.7 Å². The minimum absolute atomic E-state index is 0.0182. The van der Waals surface area contributed by atoms with Crippen molar-refractivity contribution >= 4 is 10.9 Å². The number of rotatable bonds is 7. The molecule has 0 atom stereocenters. The summed E-state index contributed by atoms with van der Waals surface area (Å²) in [5.74, 6) is 0.0320. The van der Waals surface area contributed by atoms with Crippen LogP contribution in [-0.2, 0) is 28.2 Å². The first-order valence-corrected chi connectivity index (χ1v) is 10.3. The number of pyridine rings is 1. The maximum absolute atomic E-state index is 14.3. The van der Waals surface area contributed by atoms with Gasteiger partial charge < -0.3 is 18.8 Å². The van der Waals surface area contributed by atoms with E-state index in [0.29, 0.717) is 37.3 Å². The molecule has 0 radical (unpaired) electrons. The number of halogens is 2. The normalized spacial score (nSPS) is 15.8. The van der Waals surface area contributed by atoms with E-state index < -0.39 is 12.3 Å². The van der Waals surface area contributed by atoms with Gasteiger partial charge in [0.25, 0.3) is 5.56 Å². The zero-order valence-corrected chi connectivity index (χ0v) is 17.4. The zero-order chi connectivity index (χ0) is 21.8.